The minimum absolute atomic E-state index is 0.0274. The van der Waals surface area contributed by atoms with Crippen molar-refractivity contribution in [2.75, 3.05) is 0 Å². The van der Waals surface area contributed by atoms with Crippen LogP contribution in [0.25, 0.3) is 10.8 Å². The summed E-state index contributed by atoms with van der Waals surface area (Å²) in [6.45, 7) is 0. The molecule has 1 amide bonds. The summed E-state index contributed by atoms with van der Waals surface area (Å²) < 4.78 is 0. The molecule has 3 aromatic carbocycles. The fourth-order valence-electron chi connectivity index (χ4n) is 2.40. The topological polar surface area (TPSA) is 105 Å². The number of rotatable bonds is 4. The number of phenolic OH excluding ortho intramolecular Hbond substituents is 1. The number of aromatic hydroxyl groups is 1. The molecule has 0 spiro atoms. The van der Waals surface area contributed by atoms with Crippen LogP contribution in [0, 0.1) is 10.1 Å². The van der Waals surface area contributed by atoms with Crippen LogP contribution in [0.1, 0.15) is 15.9 Å². The highest BCUT2D eigenvalue weighted by Gasteiger charge is 2.16. The molecule has 0 fully saturated rings. The van der Waals surface area contributed by atoms with Gasteiger partial charge >= 0.3 is 5.69 Å². The van der Waals surface area contributed by atoms with E-state index in [-0.39, 0.29) is 5.56 Å². The van der Waals surface area contributed by atoms with Crippen LogP contribution in [0.2, 0.25) is 0 Å². The predicted molar refractivity (Wildman–Crippen MR) is 93.8 cm³/mol. The molecule has 0 unspecified atom stereocenters. The molecule has 0 radical (unpaired) electrons. The van der Waals surface area contributed by atoms with E-state index in [1.807, 2.05) is 42.5 Å². The summed E-state index contributed by atoms with van der Waals surface area (Å²) in [5, 5.41) is 26.2. The van der Waals surface area contributed by atoms with Gasteiger partial charge in [0.1, 0.15) is 0 Å². The first-order valence-corrected chi connectivity index (χ1v) is 7.35. The Morgan fingerprint density at radius 1 is 1.12 bits per heavy atom. The maximum atomic E-state index is 12.1. The normalized spacial score (nSPS) is 10.9. The van der Waals surface area contributed by atoms with Gasteiger partial charge in [0.15, 0.2) is 5.75 Å². The molecule has 7 nitrogen and oxygen atoms in total. The molecular formula is C18H13N3O4. The minimum atomic E-state index is -0.758. The first-order valence-electron chi connectivity index (χ1n) is 7.35. The number of fused-ring (bicyclic) bond motifs is 1. The third-order valence-electron chi connectivity index (χ3n) is 3.63. The first-order chi connectivity index (χ1) is 12.1. The molecule has 0 aliphatic heterocycles. The highest BCUT2D eigenvalue weighted by molar-refractivity contribution is 6.00. The van der Waals surface area contributed by atoms with Crippen LogP contribution in [0.3, 0.4) is 0 Å². The van der Waals surface area contributed by atoms with Crippen molar-refractivity contribution >= 4 is 28.6 Å². The summed E-state index contributed by atoms with van der Waals surface area (Å²) in [5.74, 6) is -1.11. The number of hydrogen-bond acceptors (Lipinski definition) is 5. The Morgan fingerprint density at radius 3 is 2.68 bits per heavy atom. The van der Waals surface area contributed by atoms with Gasteiger partial charge in [-0.15, -0.1) is 0 Å². The molecule has 2 N–H and O–H groups in total. The second kappa shape index (κ2) is 6.79. The molecule has 25 heavy (non-hydrogen) atoms. The van der Waals surface area contributed by atoms with Gasteiger partial charge < -0.3 is 5.11 Å². The third-order valence-corrected chi connectivity index (χ3v) is 3.63. The van der Waals surface area contributed by atoms with Crippen molar-refractivity contribution in [3.63, 3.8) is 0 Å². The zero-order valence-corrected chi connectivity index (χ0v) is 12.9. The van der Waals surface area contributed by atoms with Crippen LogP contribution >= 0.6 is 0 Å². The van der Waals surface area contributed by atoms with Gasteiger partial charge in [-0.1, -0.05) is 42.5 Å². The summed E-state index contributed by atoms with van der Waals surface area (Å²) in [6, 6.07) is 16.9. The first kappa shape index (κ1) is 16.1. The van der Waals surface area contributed by atoms with Gasteiger partial charge in [0.2, 0.25) is 0 Å². The molecule has 0 aromatic heterocycles. The largest absolute Gasteiger partial charge is 0.502 e. The van der Waals surface area contributed by atoms with E-state index in [9.17, 15) is 20.0 Å². The Hall–Kier alpha value is -3.74. The highest BCUT2D eigenvalue weighted by Crippen LogP contribution is 2.26. The Kier molecular flexibility index (Phi) is 4.38. The second-order valence-corrected chi connectivity index (χ2v) is 5.23. The van der Waals surface area contributed by atoms with E-state index in [0.717, 1.165) is 28.5 Å². The van der Waals surface area contributed by atoms with Crippen LogP contribution < -0.4 is 5.43 Å². The number of nitro benzene ring substituents is 1. The second-order valence-electron chi connectivity index (χ2n) is 5.23. The molecule has 0 bridgehead atoms. The molecule has 7 heteroatoms. The third kappa shape index (κ3) is 3.45. The van der Waals surface area contributed by atoms with Gasteiger partial charge in [0, 0.05) is 17.2 Å². The summed E-state index contributed by atoms with van der Waals surface area (Å²) >= 11 is 0. The standard InChI is InChI=1S/C18H13N3O4/c22-17-9-8-13(10-16(17)21(24)25)18(23)20-19-11-14-6-3-5-12-4-1-2-7-15(12)14/h1-11,22H,(H,20,23). The van der Waals surface area contributed by atoms with Crippen molar-refractivity contribution < 1.29 is 14.8 Å². The molecule has 0 heterocycles. The Morgan fingerprint density at radius 2 is 1.88 bits per heavy atom. The number of carbonyl (C=O) groups excluding carboxylic acids is 1. The van der Waals surface area contributed by atoms with Crippen LogP contribution in [0.5, 0.6) is 5.75 Å². The van der Waals surface area contributed by atoms with E-state index < -0.39 is 22.3 Å². The molecular weight excluding hydrogens is 322 g/mol. The lowest BCUT2D eigenvalue weighted by Gasteiger charge is -2.03. The monoisotopic (exact) mass is 335 g/mol. The fraction of sp³-hybridized carbons (Fsp3) is 0. The van der Waals surface area contributed by atoms with Crippen molar-refractivity contribution in [1.82, 2.24) is 5.43 Å². The number of benzene rings is 3. The maximum Gasteiger partial charge on any atom is 0.311 e. The summed E-state index contributed by atoms with van der Waals surface area (Å²) in [7, 11) is 0. The van der Waals surface area contributed by atoms with Gasteiger partial charge in [0.05, 0.1) is 11.1 Å². The van der Waals surface area contributed by atoms with Crippen molar-refractivity contribution in [1.29, 1.82) is 0 Å². The molecule has 0 atom stereocenters. The van der Waals surface area contributed by atoms with E-state index in [1.165, 1.54) is 12.3 Å². The van der Waals surface area contributed by atoms with E-state index in [4.69, 9.17) is 0 Å². The zero-order chi connectivity index (χ0) is 17.8. The van der Waals surface area contributed by atoms with Crippen molar-refractivity contribution in [3.05, 3.63) is 81.9 Å². The Balaban J connectivity index is 1.79. The average Bonchev–Trinajstić information content (AvgIpc) is 2.62. The van der Waals surface area contributed by atoms with Crippen LogP contribution in [-0.4, -0.2) is 22.2 Å². The lowest BCUT2D eigenvalue weighted by molar-refractivity contribution is -0.385. The van der Waals surface area contributed by atoms with Gasteiger partial charge in [0.25, 0.3) is 5.91 Å². The predicted octanol–water partition coefficient (Wildman–Crippen LogP) is 3.22. The van der Waals surface area contributed by atoms with Gasteiger partial charge in [-0.05, 0) is 22.9 Å². The smallest absolute Gasteiger partial charge is 0.311 e. The van der Waals surface area contributed by atoms with Crippen LogP contribution in [0.4, 0.5) is 5.69 Å². The molecule has 124 valence electrons. The Labute approximate surface area is 142 Å². The lowest BCUT2D eigenvalue weighted by atomic mass is 10.1. The van der Waals surface area contributed by atoms with Crippen molar-refractivity contribution in [2.45, 2.75) is 0 Å². The fourth-order valence-corrected chi connectivity index (χ4v) is 2.40. The van der Waals surface area contributed by atoms with Crippen LogP contribution in [0.15, 0.2) is 65.8 Å². The summed E-state index contributed by atoms with van der Waals surface area (Å²) in [5.41, 5.74) is 2.64. The van der Waals surface area contributed by atoms with E-state index in [2.05, 4.69) is 10.5 Å². The number of phenols is 1. The number of hydrazone groups is 1. The van der Waals surface area contributed by atoms with E-state index >= 15 is 0 Å². The number of nitrogens with one attached hydrogen (secondary N) is 1. The highest BCUT2D eigenvalue weighted by atomic mass is 16.6. The van der Waals surface area contributed by atoms with Crippen molar-refractivity contribution in [2.24, 2.45) is 5.10 Å². The molecule has 0 aliphatic carbocycles. The van der Waals surface area contributed by atoms with E-state index in [0.29, 0.717) is 0 Å². The SMILES string of the molecule is O=C(NN=Cc1cccc2ccccc12)c1ccc(O)c([N+](=O)[O-])c1. The average molecular weight is 335 g/mol. The number of nitro groups is 1. The lowest BCUT2D eigenvalue weighted by Crippen LogP contribution is -2.17. The van der Waals surface area contributed by atoms with Gasteiger partial charge in [-0.3, -0.25) is 14.9 Å². The minimum Gasteiger partial charge on any atom is -0.502 e. The van der Waals surface area contributed by atoms with E-state index in [1.54, 1.807) is 0 Å². The number of nitrogens with zero attached hydrogens (tertiary/aromatic N) is 2. The number of amides is 1. The molecule has 0 aliphatic rings. The summed E-state index contributed by atoms with van der Waals surface area (Å²) in [6.07, 6.45) is 1.51. The summed E-state index contributed by atoms with van der Waals surface area (Å²) in [4.78, 5) is 22.1. The molecule has 3 rings (SSSR count). The number of hydrogen-bond donors (Lipinski definition) is 2. The zero-order valence-electron chi connectivity index (χ0n) is 12.9. The Bertz CT molecular complexity index is 993. The molecule has 0 saturated heterocycles. The van der Waals surface area contributed by atoms with Gasteiger partial charge in [-0.2, -0.15) is 5.10 Å². The van der Waals surface area contributed by atoms with Crippen LogP contribution in [-0.2, 0) is 0 Å². The molecule has 3 aromatic rings. The number of carbonyl (C=O) groups is 1. The molecule has 0 saturated carbocycles. The maximum absolute atomic E-state index is 12.1. The van der Waals surface area contributed by atoms with Gasteiger partial charge in [-0.25, -0.2) is 5.43 Å². The quantitative estimate of drug-likeness (QED) is 0.434. The van der Waals surface area contributed by atoms with Crippen molar-refractivity contribution in [3.8, 4) is 5.75 Å².